The summed E-state index contributed by atoms with van der Waals surface area (Å²) < 4.78 is 25.8. The number of aromatic nitrogens is 2. The summed E-state index contributed by atoms with van der Waals surface area (Å²) in [5.74, 6) is 0.00728. The van der Waals surface area contributed by atoms with Gasteiger partial charge in [0.15, 0.2) is 5.13 Å². The summed E-state index contributed by atoms with van der Waals surface area (Å²) in [6, 6.07) is 3.91. The van der Waals surface area contributed by atoms with Crippen molar-refractivity contribution in [1.29, 1.82) is 0 Å². The van der Waals surface area contributed by atoms with Crippen LogP contribution in [0.3, 0.4) is 0 Å². The highest BCUT2D eigenvalue weighted by Gasteiger charge is 2.46. The average Bonchev–Trinajstić information content (AvgIpc) is 3.24. The largest absolute Gasteiger partial charge is 0.332 e. The quantitative estimate of drug-likeness (QED) is 0.821. The normalized spacial score (nSPS) is 26.2. The maximum absolute atomic E-state index is 13.2. The van der Waals surface area contributed by atoms with Gasteiger partial charge < -0.3 is 9.47 Å². The van der Waals surface area contributed by atoms with Gasteiger partial charge in [0, 0.05) is 30.7 Å². The molecule has 0 aromatic carbocycles. The third-order valence-corrected chi connectivity index (χ3v) is 8.09. The first-order chi connectivity index (χ1) is 11.8. The Balaban J connectivity index is 1.60. The van der Waals surface area contributed by atoms with Gasteiger partial charge in [-0.1, -0.05) is 11.3 Å². The van der Waals surface area contributed by atoms with E-state index in [4.69, 9.17) is 0 Å². The molecule has 2 fully saturated rings. The predicted octanol–water partition coefficient (Wildman–Crippen LogP) is 2.42. The maximum Gasteiger partial charge on any atom is 0.266 e. The smallest absolute Gasteiger partial charge is 0.266 e. The zero-order valence-electron chi connectivity index (χ0n) is 14.3. The van der Waals surface area contributed by atoms with Crippen LogP contribution in [0, 0.1) is 6.92 Å². The van der Waals surface area contributed by atoms with Crippen molar-refractivity contribution in [3.05, 3.63) is 35.1 Å². The van der Waals surface area contributed by atoms with Crippen molar-refractivity contribution in [1.82, 2.24) is 14.5 Å². The Labute approximate surface area is 151 Å². The van der Waals surface area contributed by atoms with Gasteiger partial charge in [0.1, 0.15) is 14.7 Å². The first-order valence-corrected chi connectivity index (χ1v) is 11.2. The molecular formula is C17H21N3O3S2. The van der Waals surface area contributed by atoms with Crippen molar-refractivity contribution in [2.45, 2.75) is 49.9 Å². The Bertz CT molecular complexity index is 888. The molecule has 2 saturated heterocycles. The number of amides is 1. The van der Waals surface area contributed by atoms with Crippen molar-refractivity contribution in [3.63, 3.8) is 0 Å². The van der Waals surface area contributed by atoms with Crippen LogP contribution in [0.25, 0.3) is 5.13 Å². The number of thiazole rings is 1. The molecule has 0 N–H and O–H groups in total. The third kappa shape index (κ3) is 2.91. The van der Waals surface area contributed by atoms with E-state index in [2.05, 4.69) is 4.98 Å². The minimum absolute atomic E-state index is 0.00728. The van der Waals surface area contributed by atoms with Crippen LogP contribution in [0.1, 0.15) is 41.0 Å². The van der Waals surface area contributed by atoms with Gasteiger partial charge in [0.05, 0.1) is 10.9 Å². The highest BCUT2D eigenvalue weighted by molar-refractivity contribution is 7.91. The number of nitrogens with zero attached hydrogens (tertiary/aromatic N) is 3. The Morgan fingerprint density at radius 3 is 2.36 bits per heavy atom. The van der Waals surface area contributed by atoms with Crippen LogP contribution in [-0.4, -0.2) is 52.4 Å². The van der Waals surface area contributed by atoms with E-state index in [1.165, 1.54) is 17.6 Å². The van der Waals surface area contributed by atoms with E-state index in [-0.39, 0.29) is 23.2 Å². The summed E-state index contributed by atoms with van der Waals surface area (Å²) in [4.78, 5) is 20.3. The lowest BCUT2D eigenvalue weighted by Gasteiger charge is -2.38. The molecule has 6 nitrogen and oxygen atoms in total. The Morgan fingerprint density at radius 2 is 1.80 bits per heavy atom. The Hall–Kier alpha value is -1.67. The molecule has 8 heteroatoms. The topological polar surface area (TPSA) is 72.3 Å². The van der Waals surface area contributed by atoms with Gasteiger partial charge in [-0.2, -0.15) is 0 Å². The second-order valence-electron chi connectivity index (χ2n) is 7.02. The van der Waals surface area contributed by atoms with E-state index in [0.29, 0.717) is 17.7 Å². The molecular weight excluding hydrogens is 358 g/mol. The number of sulfone groups is 1. The molecule has 2 aliphatic heterocycles. The number of rotatable bonds is 3. The summed E-state index contributed by atoms with van der Waals surface area (Å²) in [6.45, 7) is 1.86. The molecule has 2 atom stereocenters. The second-order valence-corrected chi connectivity index (χ2v) is 10.3. The SMILES string of the molecule is Cc1nc(-n2cccc2)sc1C(=O)N1C2CCC1CC(S(C)(=O)=O)C2. The van der Waals surface area contributed by atoms with Crippen molar-refractivity contribution < 1.29 is 13.2 Å². The van der Waals surface area contributed by atoms with Crippen LogP contribution in [0.15, 0.2) is 24.5 Å². The molecule has 2 bridgehead atoms. The molecule has 4 heterocycles. The molecule has 2 aromatic heterocycles. The van der Waals surface area contributed by atoms with Crippen LogP contribution in [0.4, 0.5) is 0 Å². The van der Waals surface area contributed by atoms with Crippen molar-refractivity contribution in [2.75, 3.05) is 6.26 Å². The summed E-state index contributed by atoms with van der Waals surface area (Å²) in [6.07, 6.45) is 8.04. The lowest BCUT2D eigenvalue weighted by atomic mass is 10.0. The second kappa shape index (κ2) is 5.95. The van der Waals surface area contributed by atoms with Gasteiger partial charge in [-0.3, -0.25) is 4.79 Å². The van der Waals surface area contributed by atoms with E-state index in [1.54, 1.807) is 0 Å². The lowest BCUT2D eigenvalue weighted by Crippen LogP contribution is -2.49. The number of hydrogen-bond acceptors (Lipinski definition) is 5. The number of carbonyl (C=O) groups excluding carboxylic acids is 1. The molecule has 0 saturated carbocycles. The molecule has 25 heavy (non-hydrogen) atoms. The molecule has 4 rings (SSSR count). The van der Waals surface area contributed by atoms with Gasteiger partial charge in [-0.05, 0) is 44.7 Å². The third-order valence-electron chi connectivity index (χ3n) is 5.33. The minimum Gasteiger partial charge on any atom is -0.332 e. The molecule has 0 spiro atoms. The van der Waals surface area contributed by atoms with Crippen LogP contribution >= 0.6 is 11.3 Å². The lowest BCUT2D eigenvalue weighted by molar-refractivity contribution is 0.0602. The molecule has 0 radical (unpaired) electrons. The number of aryl methyl sites for hydroxylation is 1. The highest BCUT2D eigenvalue weighted by atomic mass is 32.2. The van der Waals surface area contributed by atoms with Crippen LogP contribution < -0.4 is 0 Å². The molecule has 2 aromatic rings. The van der Waals surface area contributed by atoms with E-state index < -0.39 is 9.84 Å². The Kier molecular flexibility index (Phi) is 3.99. The minimum atomic E-state index is -3.05. The van der Waals surface area contributed by atoms with Gasteiger partial charge >= 0.3 is 0 Å². The van der Waals surface area contributed by atoms with Crippen LogP contribution in [0.2, 0.25) is 0 Å². The van der Waals surface area contributed by atoms with E-state index in [9.17, 15) is 13.2 Å². The molecule has 2 unspecified atom stereocenters. The van der Waals surface area contributed by atoms with Gasteiger partial charge in [0.25, 0.3) is 5.91 Å². The van der Waals surface area contributed by atoms with Gasteiger partial charge in [-0.15, -0.1) is 0 Å². The van der Waals surface area contributed by atoms with E-state index in [0.717, 1.165) is 23.7 Å². The predicted molar refractivity (Wildman–Crippen MR) is 97.0 cm³/mol. The standard InChI is InChI=1S/C17H21N3O3S2/c1-11-15(24-17(18-11)19-7-3-4-8-19)16(21)20-12-5-6-13(20)10-14(9-12)25(2,22)23/h3-4,7-8,12-14H,5-6,9-10H2,1-2H3. The Morgan fingerprint density at radius 1 is 1.20 bits per heavy atom. The maximum atomic E-state index is 13.2. The summed E-state index contributed by atoms with van der Waals surface area (Å²) >= 11 is 1.40. The molecule has 1 amide bonds. The first-order valence-electron chi connectivity index (χ1n) is 8.47. The first kappa shape index (κ1) is 16.8. The zero-order valence-corrected chi connectivity index (χ0v) is 15.9. The number of hydrogen-bond donors (Lipinski definition) is 0. The molecule has 0 aliphatic carbocycles. The summed E-state index contributed by atoms with van der Waals surface area (Å²) in [5.41, 5.74) is 0.739. The number of fused-ring (bicyclic) bond motifs is 2. The van der Waals surface area contributed by atoms with Gasteiger partial charge in [-0.25, -0.2) is 13.4 Å². The summed E-state index contributed by atoms with van der Waals surface area (Å²) in [5, 5.41) is 0.469. The van der Waals surface area contributed by atoms with E-state index in [1.807, 2.05) is 40.9 Å². The highest BCUT2D eigenvalue weighted by Crippen LogP contribution is 2.40. The fourth-order valence-electron chi connectivity index (χ4n) is 4.08. The molecule has 2 aliphatic rings. The van der Waals surface area contributed by atoms with Gasteiger partial charge in [0.2, 0.25) is 0 Å². The monoisotopic (exact) mass is 379 g/mol. The summed E-state index contributed by atoms with van der Waals surface area (Å²) in [7, 11) is -3.05. The fraction of sp³-hybridized carbons (Fsp3) is 0.529. The fourth-order valence-corrected chi connectivity index (χ4v) is 6.20. The number of piperidine rings is 1. The van der Waals surface area contributed by atoms with Crippen LogP contribution in [0.5, 0.6) is 0 Å². The van der Waals surface area contributed by atoms with Crippen molar-refractivity contribution >= 4 is 27.1 Å². The van der Waals surface area contributed by atoms with Crippen LogP contribution in [-0.2, 0) is 9.84 Å². The van der Waals surface area contributed by atoms with Crippen molar-refractivity contribution in [3.8, 4) is 5.13 Å². The zero-order chi connectivity index (χ0) is 17.8. The van der Waals surface area contributed by atoms with E-state index >= 15 is 0 Å². The average molecular weight is 380 g/mol. The van der Waals surface area contributed by atoms with Crippen molar-refractivity contribution in [2.24, 2.45) is 0 Å². The molecule has 134 valence electrons. The number of carbonyl (C=O) groups is 1.